The van der Waals surface area contributed by atoms with Gasteiger partial charge in [-0.2, -0.15) is 8.75 Å². The first-order valence-corrected chi connectivity index (χ1v) is 25.3. The first-order chi connectivity index (χ1) is 35.7. The molecule has 336 valence electrons. The Morgan fingerprint density at radius 2 is 0.778 bits per heavy atom. The monoisotopic (exact) mass is 934 g/mol. The van der Waals surface area contributed by atoms with Crippen LogP contribution in [0.2, 0.25) is 0 Å². The predicted octanol–water partition coefficient (Wildman–Crippen LogP) is 17.6. The summed E-state index contributed by atoms with van der Waals surface area (Å²) in [5, 5.41) is 2.50. The van der Waals surface area contributed by atoms with Gasteiger partial charge in [-0.05, 0) is 139 Å². The second-order valence-corrected chi connectivity index (χ2v) is 19.5. The fourth-order valence-corrected chi connectivity index (χ4v) is 12.8. The fraction of sp³-hybridized carbons (Fsp3) is 0.0149. The molecule has 2 aromatic heterocycles. The number of para-hydroxylation sites is 2. The predicted molar refractivity (Wildman–Crippen MR) is 299 cm³/mol. The van der Waals surface area contributed by atoms with E-state index in [0.29, 0.717) is 0 Å². The lowest BCUT2D eigenvalue weighted by Gasteiger charge is -2.30. The zero-order chi connectivity index (χ0) is 47.3. The summed E-state index contributed by atoms with van der Waals surface area (Å²) in [5.41, 5.74) is 25.4. The minimum atomic E-state index is -0.398. The molecule has 0 aliphatic heterocycles. The van der Waals surface area contributed by atoms with Crippen molar-refractivity contribution in [1.29, 1.82) is 0 Å². The van der Waals surface area contributed by atoms with Crippen molar-refractivity contribution in [2.45, 2.75) is 5.41 Å². The lowest BCUT2D eigenvalue weighted by molar-refractivity contribution is 0.794. The van der Waals surface area contributed by atoms with Crippen molar-refractivity contribution in [3.63, 3.8) is 0 Å². The third-order valence-corrected chi connectivity index (χ3v) is 15.9. The molecule has 0 unspecified atom stereocenters. The highest BCUT2D eigenvalue weighted by atomic mass is 32.1. The van der Waals surface area contributed by atoms with Gasteiger partial charge in [0, 0.05) is 33.4 Å². The van der Waals surface area contributed by atoms with E-state index < -0.39 is 5.41 Å². The molecule has 2 aliphatic carbocycles. The Morgan fingerprint density at radius 1 is 0.333 bits per heavy atom. The molecule has 4 nitrogen and oxygen atoms in total. The maximum Gasteiger partial charge on any atom is 0.129 e. The standard InChI is InChI=1S/C67H42N4S/c1-2-14-43(15-3-1)44-26-33-48(34-27-44)70(64-41-40-51(65-66(64)69-72-68-65)46-30-37-50(38-31-46)71-62-24-12-7-19-56(62)57-20-8-13-25-63(57)71)49-35-28-45(29-36-49)47-32-39-55-54-18-6-11-23-60(54)67(61(55)42-47)58-21-9-4-16-52(58)53-17-5-10-22-59(53)67/h1-42H. The Balaban J connectivity index is 0.832. The molecule has 11 aromatic carbocycles. The van der Waals surface area contributed by atoms with Crippen molar-refractivity contribution in [3.05, 3.63) is 277 Å². The Labute approximate surface area is 421 Å². The molecule has 0 radical (unpaired) electrons. The molecular weight excluding hydrogens is 893 g/mol. The summed E-state index contributed by atoms with van der Waals surface area (Å²) >= 11 is 1.26. The van der Waals surface area contributed by atoms with E-state index in [1.165, 1.54) is 94.7 Å². The van der Waals surface area contributed by atoms with Crippen LogP contribution < -0.4 is 4.90 Å². The van der Waals surface area contributed by atoms with E-state index in [1.54, 1.807) is 0 Å². The van der Waals surface area contributed by atoms with E-state index in [0.717, 1.165) is 50.5 Å². The minimum Gasteiger partial charge on any atom is -0.309 e. The van der Waals surface area contributed by atoms with Gasteiger partial charge >= 0.3 is 0 Å². The van der Waals surface area contributed by atoms with Gasteiger partial charge in [-0.25, -0.2) is 0 Å². The molecule has 2 heterocycles. The van der Waals surface area contributed by atoms with E-state index in [4.69, 9.17) is 8.75 Å². The van der Waals surface area contributed by atoms with Crippen LogP contribution in [-0.4, -0.2) is 13.3 Å². The Kier molecular flexibility index (Phi) is 9.01. The van der Waals surface area contributed by atoms with E-state index in [1.807, 2.05) is 0 Å². The van der Waals surface area contributed by atoms with Gasteiger partial charge in [-0.3, -0.25) is 0 Å². The molecule has 2 aliphatic rings. The quantitative estimate of drug-likeness (QED) is 0.160. The SMILES string of the molecule is c1ccc(-c2ccc(N(c3ccc(-c4ccc5c(c4)C4(c6ccccc6-c6ccccc64)c4ccccc4-5)cc3)c3ccc(-c4ccc(-n5c6ccccc6c6ccccc65)cc4)c4nsnc34)cc2)cc1. The number of hydrogen-bond donors (Lipinski definition) is 0. The smallest absolute Gasteiger partial charge is 0.129 e. The van der Waals surface area contributed by atoms with Gasteiger partial charge in [-0.1, -0.05) is 188 Å². The third kappa shape index (κ3) is 5.92. The van der Waals surface area contributed by atoms with Crippen LogP contribution >= 0.6 is 11.7 Å². The maximum absolute atomic E-state index is 5.04. The minimum absolute atomic E-state index is 0.398. The van der Waals surface area contributed by atoms with E-state index >= 15 is 0 Å². The molecule has 0 saturated carbocycles. The van der Waals surface area contributed by atoms with Crippen molar-refractivity contribution >= 4 is 61.6 Å². The molecule has 0 saturated heterocycles. The normalized spacial score (nSPS) is 12.8. The van der Waals surface area contributed by atoms with Crippen molar-refractivity contribution in [2.24, 2.45) is 0 Å². The van der Waals surface area contributed by atoms with Crippen molar-refractivity contribution < 1.29 is 0 Å². The Hall–Kier alpha value is -9.16. The summed E-state index contributed by atoms with van der Waals surface area (Å²) in [4.78, 5) is 2.33. The Morgan fingerprint density at radius 3 is 1.38 bits per heavy atom. The van der Waals surface area contributed by atoms with Crippen LogP contribution in [0.5, 0.6) is 0 Å². The summed E-state index contributed by atoms with van der Waals surface area (Å²) in [6.45, 7) is 0. The van der Waals surface area contributed by atoms with E-state index in [-0.39, 0.29) is 0 Å². The molecule has 5 heteroatoms. The zero-order valence-electron chi connectivity index (χ0n) is 38.9. The molecule has 1 spiro atoms. The van der Waals surface area contributed by atoms with Gasteiger partial charge in [0.15, 0.2) is 0 Å². The van der Waals surface area contributed by atoms with Gasteiger partial charge in [-0.15, -0.1) is 0 Å². The van der Waals surface area contributed by atoms with Gasteiger partial charge in [0.1, 0.15) is 11.0 Å². The number of rotatable bonds is 7. The highest BCUT2D eigenvalue weighted by Gasteiger charge is 2.51. The molecule has 0 bridgehead atoms. The van der Waals surface area contributed by atoms with Crippen LogP contribution in [0.15, 0.2) is 255 Å². The molecule has 0 fully saturated rings. The maximum atomic E-state index is 5.04. The van der Waals surface area contributed by atoms with Gasteiger partial charge in [0.05, 0.1) is 33.9 Å². The third-order valence-electron chi connectivity index (χ3n) is 15.3. The average Bonchev–Trinajstić information content (AvgIpc) is 4.22. The van der Waals surface area contributed by atoms with Crippen molar-refractivity contribution in [2.75, 3.05) is 4.90 Å². The van der Waals surface area contributed by atoms with E-state index in [9.17, 15) is 0 Å². The fourth-order valence-electron chi connectivity index (χ4n) is 12.2. The molecule has 13 aromatic rings. The van der Waals surface area contributed by atoms with Crippen molar-refractivity contribution in [1.82, 2.24) is 13.3 Å². The Bertz CT molecular complexity index is 4150. The molecule has 0 amide bonds. The number of anilines is 3. The second-order valence-electron chi connectivity index (χ2n) is 19.0. The summed E-state index contributed by atoms with van der Waals surface area (Å²) < 4.78 is 12.4. The molecular formula is C67H42N4S. The highest BCUT2D eigenvalue weighted by Crippen LogP contribution is 2.63. The van der Waals surface area contributed by atoms with Crippen LogP contribution in [0.1, 0.15) is 22.3 Å². The molecule has 0 atom stereocenters. The van der Waals surface area contributed by atoms with E-state index in [2.05, 4.69) is 264 Å². The molecule has 72 heavy (non-hydrogen) atoms. The topological polar surface area (TPSA) is 34.0 Å². The van der Waals surface area contributed by atoms with Crippen LogP contribution in [0.3, 0.4) is 0 Å². The molecule has 0 N–H and O–H groups in total. The second kappa shape index (κ2) is 15.9. The van der Waals surface area contributed by atoms with Gasteiger partial charge in [0.25, 0.3) is 0 Å². The number of hydrogen-bond acceptors (Lipinski definition) is 4. The van der Waals surface area contributed by atoms with Crippen LogP contribution in [0.4, 0.5) is 17.1 Å². The zero-order valence-corrected chi connectivity index (χ0v) is 39.8. The summed E-state index contributed by atoms with van der Waals surface area (Å²) in [6, 6.07) is 93.2. The number of benzene rings is 11. The lowest BCUT2D eigenvalue weighted by Crippen LogP contribution is -2.25. The van der Waals surface area contributed by atoms with Gasteiger partial charge < -0.3 is 9.47 Å². The number of aromatic nitrogens is 3. The number of nitrogens with zero attached hydrogens (tertiary/aromatic N) is 4. The van der Waals surface area contributed by atoms with Crippen LogP contribution in [0.25, 0.3) is 94.2 Å². The lowest BCUT2D eigenvalue weighted by atomic mass is 9.70. The highest BCUT2D eigenvalue weighted by molar-refractivity contribution is 7.00. The van der Waals surface area contributed by atoms with Crippen LogP contribution in [0, 0.1) is 0 Å². The summed E-state index contributed by atoms with van der Waals surface area (Å²) in [6.07, 6.45) is 0. The number of fused-ring (bicyclic) bond motifs is 14. The first-order valence-electron chi connectivity index (χ1n) is 24.6. The molecule has 15 rings (SSSR count). The first kappa shape index (κ1) is 40.7. The summed E-state index contributed by atoms with van der Waals surface area (Å²) in [7, 11) is 0. The van der Waals surface area contributed by atoms with Crippen molar-refractivity contribution in [3.8, 4) is 61.3 Å². The van der Waals surface area contributed by atoms with Gasteiger partial charge in [0.2, 0.25) is 0 Å². The average molecular weight is 935 g/mol. The largest absolute Gasteiger partial charge is 0.309 e. The van der Waals surface area contributed by atoms with Crippen LogP contribution in [-0.2, 0) is 5.41 Å². The summed E-state index contributed by atoms with van der Waals surface area (Å²) in [5.74, 6) is 0.